The van der Waals surface area contributed by atoms with Crippen LogP contribution in [0.15, 0.2) is 72.8 Å². The summed E-state index contributed by atoms with van der Waals surface area (Å²) in [7, 11) is -2.45. The molecular formula is C32H41N3O5S. The van der Waals surface area contributed by atoms with Crippen LogP contribution in [0.3, 0.4) is 0 Å². The van der Waals surface area contributed by atoms with Gasteiger partial charge in [-0.15, -0.1) is 0 Å². The molecule has 0 saturated heterocycles. The second-order valence-electron chi connectivity index (χ2n) is 10.4. The maximum atomic E-state index is 14.3. The number of nitrogens with one attached hydrogen (secondary N) is 1. The van der Waals surface area contributed by atoms with Crippen LogP contribution >= 0.6 is 0 Å². The van der Waals surface area contributed by atoms with Crippen molar-refractivity contribution in [1.29, 1.82) is 0 Å². The van der Waals surface area contributed by atoms with Gasteiger partial charge in [0.2, 0.25) is 21.8 Å². The fourth-order valence-electron chi connectivity index (χ4n) is 4.56. The molecule has 9 heteroatoms. The number of carbonyl (C=O) groups excluding carboxylic acids is 2. The van der Waals surface area contributed by atoms with Crippen LogP contribution < -0.4 is 14.4 Å². The Morgan fingerprint density at radius 1 is 0.976 bits per heavy atom. The molecule has 0 saturated carbocycles. The zero-order valence-electron chi connectivity index (χ0n) is 24.8. The number of anilines is 1. The van der Waals surface area contributed by atoms with E-state index in [1.807, 2.05) is 88.4 Å². The number of rotatable bonds is 13. The Morgan fingerprint density at radius 2 is 1.63 bits per heavy atom. The third-order valence-corrected chi connectivity index (χ3v) is 8.28. The first-order valence-corrected chi connectivity index (χ1v) is 15.6. The summed E-state index contributed by atoms with van der Waals surface area (Å²) in [6.07, 6.45) is 2.06. The predicted octanol–water partition coefficient (Wildman–Crippen LogP) is 4.63. The number of methoxy groups -OCH3 is 1. The lowest BCUT2D eigenvalue weighted by Crippen LogP contribution is -2.54. The fraction of sp³-hybridized carbons (Fsp3) is 0.375. The van der Waals surface area contributed by atoms with Crippen LogP contribution in [0.25, 0.3) is 0 Å². The molecule has 41 heavy (non-hydrogen) atoms. The van der Waals surface area contributed by atoms with Crippen LogP contribution in [0.4, 0.5) is 5.69 Å². The second-order valence-corrected chi connectivity index (χ2v) is 12.3. The quantitative estimate of drug-likeness (QED) is 0.319. The number of nitrogens with zero attached hydrogens (tertiary/aromatic N) is 2. The standard InChI is InChI=1S/C32H41N3O5S/c1-7-25(4)33-32(37)29(20-26-14-9-8-10-15-26)34(21-27-16-12-11-13-24(27)3)31(36)22-35(41(6,38)39)28-19-23(2)17-18-30(28)40-5/h8-19,25,29H,7,20-22H2,1-6H3,(H,33,37)/t25-,29+/m0/s1. The monoisotopic (exact) mass is 579 g/mol. The van der Waals surface area contributed by atoms with Crippen molar-refractivity contribution in [3.63, 3.8) is 0 Å². The molecule has 1 N–H and O–H groups in total. The molecular weight excluding hydrogens is 538 g/mol. The van der Waals surface area contributed by atoms with Crippen molar-refractivity contribution in [2.45, 2.75) is 59.2 Å². The van der Waals surface area contributed by atoms with Crippen LogP contribution in [0.2, 0.25) is 0 Å². The van der Waals surface area contributed by atoms with E-state index in [1.165, 1.54) is 12.0 Å². The highest BCUT2D eigenvalue weighted by Gasteiger charge is 2.34. The van der Waals surface area contributed by atoms with Gasteiger partial charge >= 0.3 is 0 Å². The van der Waals surface area contributed by atoms with Crippen LogP contribution in [-0.4, -0.2) is 57.1 Å². The highest BCUT2D eigenvalue weighted by Crippen LogP contribution is 2.31. The highest BCUT2D eigenvalue weighted by atomic mass is 32.2. The topological polar surface area (TPSA) is 96.0 Å². The molecule has 0 heterocycles. The summed E-state index contributed by atoms with van der Waals surface area (Å²) in [6, 6.07) is 21.4. The minimum Gasteiger partial charge on any atom is -0.495 e. The largest absolute Gasteiger partial charge is 0.495 e. The zero-order chi connectivity index (χ0) is 30.2. The number of aryl methyl sites for hydroxylation is 2. The van der Waals surface area contributed by atoms with Gasteiger partial charge in [-0.3, -0.25) is 13.9 Å². The van der Waals surface area contributed by atoms with E-state index in [2.05, 4.69) is 5.32 Å². The molecule has 0 fully saturated rings. The van der Waals surface area contributed by atoms with E-state index < -0.39 is 28.5 Å². The first-order chi connectivity index (χ1) is 19.4. The lowest BCUT2D eigenvalue weighted by Gasteiger charge is -2.34. The number of hydrogen-bond acceptors (Lipinski definition) is 5. The summed E-state index contributed by atoms with van der Waals surface area (Å²) in [6.45, 7) is 7.33. The molecule has 0 aromatic heterocycles. The van der Waals surface area contributed by atoms with Gasteiger partial charge in [0.15, 0.2) is 0 Å². The molecule has 0 aliphatic carbocycles. The molecule has 8 nitrogen and oxygen atoms in total. The van der Waals surface area contributed by atoms with Crippen LogP contribution in [0, 0.1) is 13.8 Å². The van der Waals surface area contributed by atoms with Crippen molar-refractivity contribution in [3.05, 3.63) is 95.1 Å². The predicted molar refractivity (Wildman–Crippen MR) is 163 cm³/mol. The van der Waals surface area contributed by atoms with Crippen molar-refractivity contribution in [2.75, 3.05) is 24.2 Å². The first kappa shape index (κ1) is 31.7. The summed E-state index contributed by atoms with van der Waals surface area (Å²) < 4.78 is 32.7. The van der Waals surface area contributed by atoms with E-state index in [0.29, 0.717) is 5.75 Å². The molecule has 0 unspecified atom stereocenters. The van der Waals surface area contributed by atoms with Gasteiger partial charge < -0.3 is 15.0 Å². The number of hydrogen-bond donors (Lipinski definition) is 1. The average Bonchev–Trinajstić information content (AvgIpc) is 2.94. The zero-order valence-corrected chi connectivity index (χ0v) is 25.6. The first-order valence-electron chi connectivity index (χ1n) is 13.7. The molecule has 0 aliphatic heterocycles. The molecule has 2 amide bonds. The number of ether oxygens (including phenoxy) is 1. The summed E-state index contributed by atoms with van der Waals surface area (Å²) in [4.78, 5) is 29.6. The Labute approximate surface area is 244 Å². The molecule has 3 rings (SSSR count). The lowest BCUT2D eigenvalue weighted by molar-refractivity contribution is -0.140. The maximum Gasteiger partial charge on any atom is 0.244 e. The van der Waals surface area contributed by atoms with E-state index in [4.69, 9.17) is 4.74 Å². The molecule has 220 valence electrons. The van der Waals surface area contributed by atoms with Gasteiger partial charge in [-0.25, -0.2) is 8.42 Å². The molecule has 3 aromatic rings. The molecule has 0 bridgehead atoms. The highest BCUT2D eigenvalue weighted by molar-refractivity contribution is 7.92. The number of carbonyl (C=O) groups is 2. The van der Waals surface area contributed by atoms with Crippen molar-refractivity contribution >= 4 is 27.5 Å². The fourth-order valence-corrected chi connectivity index (χ4v) is 5.40. The molecule has 3 aromatic carbocycles. The molecule has 0 spiro atoms. The van der Waals surface area contributed by atoms with Gasteiger partial charge in [0.05, 0.1) is 19.1 Å². The van der Waals surface area contributed by atoms with Gasteiger partial charge in [0.25, 0.3) is 0 Å². The Balaban J connectivity index is 2.11. The smallest absolute Gasteiger partial charge is 0.244 e. The normalized spacial score (nSPS) is 12.7. The summed E-state index contributed by atoms with van der Waals surface area (Å²) in [5, 5.41) is 3.04. The number of amides is 2. The minimum absolute atomic E-state index is 0.0970. The lowest BCUT2D eigenvalue weighted by atomic mass is 10.0. The van der Waals surface area contributed by atoms with Gasteiger partial charge in [0.1, 0.15) is 18.3 Å². The molecule has 0 aliphatic rings. The van der Waals surface area contributed by atoms with E-state index in [1.54, 1.807) is 12.1 Å². The SMILES string of the molecule is CC[C@H](C)NC(=O)[C@@H](Cc1ccccc1)N(Cc1ccccc1C)C(=O)CN(c1cc(C)ccc1OC)S(C)(=O)=O. The van der Waals surface area contributed by atoms with Crippen LogP contribution in [0.5, 0.6) is 5.75 Å². The second kappa shape index (κ2) is 14.2. The van der Waals surface area contributed by atoms with Crippen molar-refractivity contribution in [1.82, 2.24) is 10.2 Å². The third kappa shape index (κ3) is 8.57. The maximum absolute atomic E-state index is 14.3. The Kier molecular flexibility index (Phi) is 10.9. The minimum atomic E-state index is -3.90. The van der Waals surface area contributed by atoms with Gasteiger partial charge in [0, 0.05) is 19.0 Å². The molecule has 0 radical (unpaired) electrons. The van der Waals surface area contributed by atoms with Crippen molar-refractivity contribution in [2.24, 2.45) is 0 Å². The Bertz CT molecular complexity index is 1440. The van der Waals surface area contributed by atoms with Crippen molar-refractivity contribution in [3.8, 4) is 5.75 Å². The number of sulfonamides is 1. The van der Waals surface area contributed by atoms with E-state index in [-0.39, 0.29) is 30.6 Å². The summed E-state index contributed by atoms with van der Waals surface area (Å²) >= 11 is 0. The van der Waals surface area contributed by atoms with E-state index in [0.717, 1.165) is 39.2 Å². The van der Waals surface area contributed by atoms with Gasteiger partial charge in [-0.2, -0.15) is 0 Å². The Morgan fingerprint density at radius 3 is 2.24 bits per heavy atom. The van der Waals surface area contributed by atoms with Gasteiger partial charge in [-0.1, -0.05) is 67.6 Å². The number of benzene rings is 3. The molecule has 2 atom stereocenters. The van der Waals surface area contributed by atoms with E-state index >= 15 is 0 Å². The Hall–Kier alpha value is -3.85. The summed E-state index contributed by atoms with van der Waals surface area (Å²) in [5.74, 6) is -0.457. The summed E-state index contributed by atoms with van der Waals surface area (Å²) in [5.41, 5.74) is 3.80. The van der Waals surface area contributed by atoms with Crippen LogP contribution in [0.1, 0.15) is 42.5 Å². The van der Waals surface area contributed by atoms with Gasteiger partial charge in [-0.05, 0) is 61.6 Å². The van der Waals surface area contributed by atoms with Crippen LogP contribution in [-0.2, 0) is 32.6 Å². The average molecular weight is 580 g/mol. The van der Waals surface area contributed by atoms with Crippen molar-refractivity contribution < 1.29 is 22.7 Å². The van der Waals surface area contributed by atoms with E-state index in [9.17, 15) is 18.0 Å². The third-order valence-electron chi connectivity index (χ3n) is 7.16.